The largest absolute Gasteiger partial charge is 0.356 e. The number of rotatable bonds is 7. The lowest BCUT2D eigenvalue weighted by Crippen LogP contribution is -2.31. The normalized spacial score (nSPS) is 12.9. The molecule has 0 aromatic carbocycles. The predicted octanol–water partition coefficient (Wildman–Crippen LogP) is 1.67. The van der Waals surface area contributed by atoms with Crippen LogP contribution in [0.1, 0.15) is 46.5 Å². The van der Waals surface area contributed by atoms with Crippen molar-refractivity contribution in [1.29, 1.82) is 0 Å². The molecule has 1 amide bonds. The van der Waals surface area contributed by atoms with Gasteiger partial charge in [0, 0.05) is 18.5 Å². The quantitative estimate of drug-likeness (QED) is 0.614. The van der Waals surface area contributed by atoms with E-state index in [0.29, 0.717) is 0 Å². The van der Waals surface area contributed by atoms with E-state index in [9.17, 15) is 4.79 Å². The van der Waals surface area contributed by atoms with E-state index in [2.05, 4.69) is 19.2 Å². The van der Waals surface area contributed by atoms with E-state index in [-0.39, 0.29) is 17.9 Å². The maximum Gasteiger partial charge on any atom is 0.223 e. The molecule has 0 aliphatic rings. The SMILES string of the molecule is CCC(CC)C(=O)NCCCC(C)N. The zero-order valence-corrected chi connectivity index (χ0v) is 9.68. The minimum Gasteiger partial charge on any atom is -0.356 e. The summed E-state index contributed by atoms with van der Waals surface area (Å²) in [6, 6.07) is 0.236. The van der Waals surface area contributed by atoms with Crippen LogP contribution in [-0.4, -0.2) is 18.5 Å². The topological polar surface area (TPSA) is 55.1 Å². The van der Waals surface area contributed by atoms with Gasteiger partial charge in [-0.3, -0.25) is 4.79 Å². The molecule has 1 unspecified atom stereocenters. The molecule has 14 heavy (non-hydrogen) atoms. The summed E-state index contributed by atoms with van der Waals surface area (Å²) < 4.78 is 0. The zero-order chi connectivity index (χ0) is 11.0. The summed E-state index contributed by atoms with van der Waals surface area (Å²) in [4.78, 5) is 11.5. The smallest absolute Gasteiger partial charge is 0.223 e. The molecule has 0 radical (unpaired) electrons. The monoisotopic (exact) mass is 200 g/mol. The Hall–Kier alpha value is -0.570. The average Bonchev–Trinajstić information content (AvgIpc) is 2.14. The molecule has 0 fully saturated rings. The second-order valence-electron chi connectivity index (χ2n) is 3.92. The van der Waals surface area contributed by atoms with E-state index in [0.717, 1.165) is 32.2 Å². The maximum atomic E-state index is 11.5. The van der Waals surface area contributed by atoms with Crippen LogP contribution in [0.2, 0.25) is 0 Å². The van der Waals surface area contributed by atoms with Crippen molar-refractivity contribution < 1.29 is 4.79 Å². The molecule has 0 rings (SSSR count). The highest BCUT2D eigenvalue weighted by Gasteiger charge is 2.12. The summed E-state index contributed by atoms with van der Waals surface area (Å²) in [5.74, 6) is 0.380. The van der Waals surface area contributed by atoms with Crippen molar-refractivity contribution in [3.05, 3.63) is 0 Å². The van der Waals surface area contributed by atoms with Crippen molar-refractivity contribution in [1.82, 2.24) is 5.32 Å². The summed E-state index contributed by atoms with van der Waals surface area (Å²) in [5, 5.41) is 2.95. The fraction of sp³-hybridized carbons (Fsp3) is 0.909. The molecule has 3 nitrogen and oxygen atoms in total. The molecule has 0 aromatic heterocycles. The third-order valence-corrected chi connectivity index (χ3v) is 2.49. The van der Waals surface area contributed by atoms with Gasteiger partial charge in [-0.25, -0.2) is 0 Å². The van der Waals surface area contributed by atoms with Gasteiger partial charge in [-0.2, -0.15) is 0 Å². The third kappa shape index (κ3) is 5.97. The van der Waals surface area contributed by atoms with E-state index >= 15 is 0 Å². The van der Waals surface area contributed by atoms with Crippen LogP contribution in [-0.2, 0) is 4.79 Å². The first-order valence-electron chi connectivity index (χ1n) is 5.65. The van der Waals surface area contributed by atoms with Crippen LogP contribution in [0.25, 0.3) is 0 Å². The molecule has 0 saturated carbocycles. The van der Waals surface area contributed by atoms with Crippen molar-refractivity contribution in [2.24, 2.45) is 11.7 Å². The Kier molecular flexibility index (Phi) is 7.48. The van der Waals surface area contributed by atoms with Crippen molar-refractivity contribution >= 4 is 5.91 Å². The van der Waals surface area contributed by atoms with Gasteiger partial charge < -0.3 is 11.1 Å². The second kappa shape index (κ2) is 7.80. The molecule has 0 aliphatic carbocycles. The average molecular weight is 200 g/mol. The Labute approximate surface area is 87.4 Å². The fourth-order valence-electron chi connectivity index (χ4n) is 1.44. The molecule has 84 valence electrons. The number of carbonyl (C=O) groups excluding carboxylic acids is 1. The van der Waals surface area contributed by atoms with Gasteiger partial charge in [-0.15, -0.1) is 0 Å². The number of amides is 1. The molecule has 0 aliphatic heterocycles. The molecule has 0 bridgehead atoms. The van der Waals surface area contributed by atoms with Crippen molar-refractivity contribution in [2.45, 2.75) is 52.5 Å². The van der Waals surface area contributed by atoms with Gasteiger partial charge in [0.1, 0.15) is 0 Å². The lowest BCUT2D eigenvalue weighted by molar-refractivity contribution is -0.125. The first-order valence-corrected chi connectivity index (χ1v) is 5.65. The van der Waals surface area contributed by atoms with Gasteiger partial charge in [0.15, 0.2) is 0 Å². The van der Waals surface area contributed by atoms with Crippen LogP contribution >= 0.6 is 0 Å². The lowest BCUT2D eigenvalue weighted by atomic mass is 10.0. The number of hydrogen-bond acceptors (Lipinski definition) is 2. The number of nitrogens with two attached hydrogens (primary N) is 1. The minimum absolute atomic E-state index is 0.185. The molecule has 0 aromatic rings. The third-order valence-electron chi connectivity index (χ3n) is 2.49. The Morgan fingerprint density at radius 1 is 1.36 bits per heavy atom. The molecule has 3 N–H and O–H groups in total. The van der Waals surface area contributed by atoms with Crippen molar-refractivity contribution in [3.8, 4) is 0 Å². The maximum absolute atomic E-state index is 11.5. The van der Waals surface area contributed by atoms with Crippen molar-refractivity contribution in [2.75, 3.05) is 6.54 Å². The Morgan fingerprint density at radius 2 is 1.93 bits per heavy atom. The highest BCUT2D eigenvalue weighted by Crippen LogP contribution is 2.06. The van der Waals surface area contributed by atoms with Crippen LogP contribution in [0.3, 0.4) is 0 Å². The highest BCUT2D eigenvalue weighted by molar-refractivity contribution is 5.78. The number of hydrogen-bond donors (Lipinski definition) is 2. The van der Waals surface area contributed by atoms with E-state index in [1.165, 1.54) is 0 Å². The van der Waals surface area contributed by atoms with Crippen LogP contribution in [0.5, 0.6) is 0 Å². The predicted molar refractivity (Wildman–Crippen MR) is 60.0 cm³/mol. The molecule has 0 spiro atoms. The summed E-state index contributed by atoms with van der Waals surface area (Å²) in [6.45, 7) is 6.85. The molecular weight excluding hydrogens is 176 g/mol. The summed E-state index contributed by atoms with van der Waals surface area (Å²) >= 11 is 0. The summed E-state index contributed by atoms with van der Waals surface area (Å²) in [6.07, 6.45) is 3.80. The van der Waals surface area contributed by atoms with E-state index < -0.39 is 0 Å². The minimum atomic E-state index is 0.185. The molecule has 0 saturated heterocycles. The molecule has 1 atom stereocenters. The van der Waals surface area contributed by atoms with Gasteiger partial charge >= 0.3 is 0 Å². The number of nitrogens with one attached hydrogen (secondary N) is 1. The van der Waals surface area contributed by atoms with Gasteiger partial charge in [-0.1, -0.05) is 13.8 Å². The first-order chi connectivity index (χ1) is 6.61. The van der Waals surface area contributed by atoms with Gasteiger partial charge in [0.2, 0.25) is 5.91 Å². The van der Waals surface area contributed by atoms with E-state index in [4.69, 9.17) is 5.73 Å². The fourth-order valence-corrected chi connectivity index (χ4v) is 1.44. The molecular formula is C11H24N2O. The summed E-state index contributed by atoms with van der Waals surface area (Å²) in [7, 11) is 0. The zero-order valence-electron chi connectivity index (χ0n) is 9.68. The second-order valence-corrected chi connectivity index (χ2v) is 3.92. The lowest BCUT2D eigenvalue weighted by Gasteiger charge is -2.12. The van der Waals surface area contributed by atoms with E-state index in [1.54, 1.807) is 0 Å². The Bertz CT molecular complexity index is 153. The number of carbonyl (C=O) groups is 1. The van der Waals surface area contributed by atoms with Gasteiger partial charge in [0.05, 0.1) is 0 Å². The Balaban J connectivity index is 3.52. The van der Waals surface area contributed by atoms with Crippen molar-refractivity contribution in [3.63, 3.8) is 0 Å². The molecule has 3 heteroatoms. The van der Waals surface area contributed by atoms with Crippen LogP contribution in [0.15, 0.2) is 0 Å². The standard InChI is InChI=1S/C11H24N2O/c1-4-10(5-2)11(14)13-8-6-7-9(3)12/h9-10H,4-8,12H2,1-3H3,(H,13,14). The van der Waals surface area contributed by atoms with Crippen LogP contribution < -0.4 is 11.1 Å². The Morgan fingerprint density at radius 3 is 2.36 bits per heavy atom. The summed E-state index contributed by atoms with van der Waals surface area (Å²) in [5.41, 5.74) is 5.61. The van der Waals surface area contributed by atoms with Crippen LogP contribution in [0, 0.1) is 5.92 Å². The van der Waals surface area contributed by atoms with Crippen LogP contribution in [0.4, 0.5) is 0 Å². The molecule has 0 heterocycles. The highest BCUT2D eigenvalue weighted by atomic mass is 16.1. The van der Waals surface area contributed by atoms with E-state index in [1.807, 2.05) is 6.92 Å². The first kappa shape index (κ1) is 13.4. The van der Waals surface area contributed by atoms with Gasteiger partial charge in [-0.05, 0) is 32.6 Å². The van der Waals surface area contributed by atoms with Gasteiger partial charge in [0.25, 0.3) is 0 Å².